The quantitative estimate of drug-likeness (QED) is 0.840. The maximum atomic E-state index is 12.6. The van der Waals surface area contributed by atoms with Crippen molar-refractivity contribution in [2.24, 2.45) is 23.0 Å². The molecule has 0 aromatic heterocycles. The first-order chi connectivity index (χ1) is 9.28. The summed E-state index contributed by atoms with van der Waals surface area (Å²) in [6.07, 6.45) is 7.01. The fourth-order valence-corrected chi connectivity index (χ4v) is 3.42. The molecule has 0 spiro atoms. The van der Waals surface area contributed by atoms with E-state index in [9.17, 15) is 4.79 Å². The number of nitrogens with zero attached hydrogens (tertiary/aromatic N) is 1. The summed E-state index contributed by atoms with van der Waals surface area (Å²) in [4.78, 5) is 14.6. The molecule has 118 valence electrons. The number of hydrogen-bond acceptors (Lipinski definition) is 2. The first kappa shape index (κ1) is 17.5. The molecule has 0 aromatic rings. The van der Waals surface area contributed by atoms with Crippen LogP contribution in [-0.4, -0.2) is 30.4 Å². The number of nitrogens with two attached hydrogens (primary N) is 1. The fraction of sp³-hybridized carbons (Fsp3) is 0.941. The van der Waals surface area contributed by atoms with Crippen molar-refractivity contribution in [1.29, 1.82) is 0 Å². The minimum Gasteiger partial charge on any atom is -0.342 e. The van der Waals surface area contributed by atoms with Crippen molar-refractivity contribution in [3.05, 3.63) is 0 Å². The highest BCUT2D eigenvalue weighted by atomic mass is 16.2. The number of rotatable bonds is 5. The molecule has 1 fully saturated rings. The zero-order valence-electron chi connectivity index (χ0n) is 14.1. The Morgan fingerprint density at radius 3 is 2.20 bits per heavy atom. The standard InChI is InChI=1S/C17H34N2O/c1-6-13-7-9-15(10-8-13)19(5)16(20)14(12-18)11-17(2,3)4/h13-15H,6-12,18H2,1-5H3. The Balaban J connectivity index is 2.57. The van der Waals surface area contributed by atoms with E-state index in [2.05, 4.69) is 27.7 Å². The van der Waals surface area contributed by atoms with Crippen LogP contribution in [0.3, 0.4) is 0 Å². The molecule has 1 atom stereocenters. The van der Waals surface area contributed by atoms with Gasteiger partial charge in [-0.25, -0.2) is 0 Å². The molecule has 0 saturated heterocycles. The molecular weight excluding hydrogens is 248 g/mol. The normalized spacial score (nSPS) is 25.3. The van der Waals surface area contributed by atoms with E-state index >= 15 is 0 Å². The lowest BCUT2D eigenvalue weighted by atomic mass is 9.82. The van der Waals surface area contributed by atoms with Gasteiger partial charge in [0.2, 0.25) is 5.91 Å². The summed E-state index contributed by atoms with van der Waals surface area (Å²) in [7, 11) is 1.98. The van der Waals surface area contributed by atoms with Gasteiger partial charge >= 0.3 is 0 Å². The second kappa shape index (κ2) is 7.44. The number of carbonyl (C=O) groups excluding carboxylic acids is 1. The molecular formula is C17H34N2O. The van der Waals surface area contributed by atoms with Gasteiger partial charge in [-0.3, -0.25) is 4.79 Å². The number of amides is 1. The monoisotopic (exact) mass is 282 g/mol. The van der Waals surface area contributed by atoms with Crippen LogP contribution < -0.4 is 5.73 Å². The third-order valence-electron chi connectivity index (χ3n) is 4.78. The summed E-state index contributed by atoms with van der Waals surface area (Å²) in [5.74, 6) is 1.10. The van der Waals surface area contributed by atoms with E-state index in [-0.39, 0.29) is 17.2 Å². The van der Waals surface area contributed by atoms with E-state index in [4.69, 9.17) is 5.73 Å². The van der Waals surface area contributed by atoms with Gasteiger partial charge in [-0.2, -0.15) is 0 Å². The summed E-state index contributed by atoms with van der Waals surface area (Å²) in [5.41, 5.74) is 6.00. The lowest BCUT2D eigenvalue weighted by molar-refractivity contribution is -0.137. The van der Waals surface area contributed by atoms with Gasteiger partial charge in [-0.15, -0.1) is 0 Å². The van der Waals surface area contributed by atoms with Gasteiger partial charge in [-0.05, 0) is 43.4 Å². The largest absolute Gasteiger partial charge is 0.342 e. The molecule has 1 saturated carbocycles. The van der Waals surface area contributed by atoms with E-state index < -0.39 is 0 Å². The highest BCUT2D eigenvalue weighted by Gasteiger charge is 2.31. The molecule has 3 heteroatoms. The molecule has 1 rings (SSSR count). The third-order valence-corrected chi connectivity index (χ3v) is 4.78. The highest BCUT2D eigenvalue weighted by molar-refractivity contribution is 5.79. The summed E-state index contributed by atoms with van der Waals surface area (Å²) >= 11 is 0. The van der Waals surface area contributed by atoms with Crippen LogP contribution in [-0.2, 0) is 4.79 Å². The Kier molecular flexibility index (Phi) is 6.50. The predicted octanol–water partition coefficient (Wildman–Crippen LogP) is 3.42. The van der Waals surface area contributed by atoms with E-state index in [1.54, 1.807) is 0 Å². The SMILES string of the molecule is CCC1CCC(N(C)C(=O)C(CN)CC(C)(C)C)CC1. The van der Waals surface area contributed by atoms with Gasteiger partial charge in [-0.1, -0.05) is 34.1 Å². The minimum atomic E-state index is -0.0242. The molecule has 0 bridgehead atoms. The van der Waals surface area contributed by atoms with Crippen LogP contribution in [0.1, 0.15) is 66.2 Å². The third kappa shape index (κ3) is 5.08. The molecule has 0 aliphatic heterocycles. The number of carbonyl (C=O) groups is 1. The van der Waals surface area contributed by atoms with E-state index in [0.717, 1.165) is 25.2 Å². The van der Waals surface area contributed by atoms with Crippen LogP contribution in [0.25, 0.3) is 0 Å². The summed E-state index contributed by atoms with van der Waals surface area (Å²) in [6.45, 7) is 9.26. The zero-order chi connectivity index (χ0) is 15.3. The van der Waals surface area contributed by atoms with Gasteiger partial charge in [0.25, 0.3) is 0 Å². The van der Waals surface area contributed by atoms with E-state index in [1.807, 2.05) is 11.9 Å². The Morgan fingerprint density at radius 1 is 1.25 bits per heavy atom. The van der Waals surface area contributed by atoms with Crippen molar-refractivity contribution in [2.45, 2.75) is 72.3 Å². The van der Waals surface area contributed by atoms with Gasteiger partial charge in [0.15, 0.2) is 0 Å². The minimum absolute atomic E-state index is 0.0242. The number of hydrogen-bond donors (Lipinski definition) is 1. The Labute approximate surface area is 125 Å². The second-order valence-corrected chi connectivity index (χ2v) is 7.73. The van der Waals surface area contributed by atoms with Crippen LogP contribution >= 0.6 is 0 Å². The molecule has 1 aliphatic carbocycles. The smallest absolute Gasteiger partial charge is 0.226 e. The van der Waals surface area contributed by atoms with Crippen molar-refractivity contribution in [3.8, 4) is 0 Å². The maximum Gasteiger partial charge on any atom is 0.226 e. The highest BCUT2D eigenvalue weighted by Crippen LogP contribution is 2.31. The molecule has 20 heavy (non-hydrogen) atoms. The topological polar surface area (TPSA) is 46.3 Å². The summed E-state index contributed by atoms with van der Waals surface area (Å²) in [5, 5.41) is 0. The van der Waals surface area contributed by atoms with E-state index in [0.29, 0.717) is 12.6 Å². The fourth-order valence-electron chi connectivity index (χ4n) is 3.42. The van der Waals surface area contributed by atoms with Crippen molar-refractivity contribution in [3.63, 3.8) is 0 Å². The maximum absolute atomic E-state index is 12.6. The lowest BCUT2D eigenvalue weighted by Crippen LogP contribution is -2.45. The molecule has 0 heterocycles. The van der Waals surface area contributed by atoms with Crippen molar-refractivity contribution in [1.82, 2.24) is 4.90 Å². The average Bonchev–Trinajstić information content (AvgIpc) is 2.42. The Hall–Kier alpha value is -0.570. The first-order valence-corrected chi connectivity index (χ1v) is 8.25. The summed E-state index contributed by atoms with van der Waals surface area (Å²) in [6, 6.07) is 0.430. The molecule has 3 nitrogen and oxygen atoms in total. The Morgan fingerprint density at radius 2 is 1.80 bits per heavy atom. The van der Waals surface area contributed by atoms with Gasteiger partial charge in [0, 0.05) is 19.6 Å². The zero-order valence-corrected chi connectivity index (χ0v) is 14.1. The second-order valence-electron chi connectivity index (χ2n) is 7.73. The molecule has 2 N–H and O–H groups in total. The molecule has 1 aliphatic rings. The van der Waals surface area contributed by atoms with Crippen LogP contribution in [0.5, 0.6) is 0 Å². The molecule has 0 aromatic carbocycles. The summed E-state index contributed by atoms with van der Waals surface area (Å²) < 4.78 is 0. The first-order valence-electron chi connectivity index (χ1n) is 8.25. The average molecular weight is 282 g/mol. The van der Waals surface area contributed by atoms with Crippen LogP contribution in [0, 0.1) is 17.3 Å². The van der Waals surface area contributed by atoms with E-state index in [1.165, 1.54) is 19.3 Å². The van der Waals surface area contributed by atoms with Crippen LogP contribution in [0.15, 0.2) is 0 Å². The molecule has 0 radical (unpaired) electrons. The lowest BCUT2D eigenvalue weighted by Gasteiger charge is -2.37. The molecule has 1 unspecified atom stereocenters. The molecule has 1 amide bonds. The van der Waals surface area contributed by atoms with Crippen LogP contribution in [0.4, 0.5) is 0 Å². The van der Waals surface area contributed by atoms with Gasteiger partial charge in [0.1, 0.15) is 0 Å². The van der Waals surface area contributed by atoms with Crippen molar-refractivity contribution >= 4 is 5.91 Å². The van der Waals surface area contributed by atoms with Crippen molar-refractivity contribution in [2.75, 3.05) is 13.6 Å². The van der Waals surface area contributed by atoms with Crippen molar-refractivity contribution < 1.29 is 4.79 Å². The van der Waals surface area contributed by atoms with Gasteiger partial charge < -0.3 is 10.6 Å². The Bertz CT molecular complexity index is 301. The predicted molar refractivity (Wildman–Crippen MR) is 85.4 cm³/mol. The van der Waals surface area contributed by atoms with Gasteiger partial charge in [0.05, 0.1) is 5.92 Å². The van der Waals surface area contributed by atoms with Crippen LogP contribution in [0.2, 0.25) is 0 Å².